The van der Waals surface area contributed by atoms with Crippen LogP contribution in [0.4, 0.5) is 0 Å². The molecule has 7 aromatic rings. The minimum atomic E-state index is 0.0403. The van der Waals surface area contributed by atoms with E-state index in [1.54, 1.807) is 0 Å². The van der Waals surface area contributed by atoms with Gasteiger partial charge in [0.25, 0.3) is 0 Å². The molecule has 0 amide bonds. The Hall–Kier alpha value is -5.01. The van der Waals surface area contributed by atoms with Gasteiger partial charge in [0.1, 0.15) is 0 Å². The van der Waals surface area contributed by atoms with E-state index >= 15 is 0 Å². The van der Waals surface area contributed by atoms with Crippen LogP contribution in [0, 0.1) is 0 Å². The Morgan fingerprint density at radius 1 is 0.368 bits per heavy atom. The van der Waals surface area contributed by atoms with Crippen LogP contribution in [0.5, 0.6) is 0 Å². The van der Waals surface area contributed by atoms with Crippen LogP contribution < -0.4 is 0 Å². The first-order valence-electron chi connectivity index (χ1n) is 12.9. The fourth-order valence-corrected chi connectivity index (χ4v) is 5.64. The van der Waals surface area contributed by atoms with Crippen molar-refractivity contribution >= 4 is 38.1 Å². The van der Waals surface area contributed by atoms with E-state index in [0.717, 1.165) is 5.56 Å². The summed E-state index contributed by atoms with van der Waals surface area (Å²) in [6, 6.07) is 50.1. The van der Waals surface area contributed by atoms with Crippen LogP contribution in [0.25, 0.3) is 54.6 Å². The predicted octanol–water partition coefficient (Wildman–Crippen LogP) is 9.71. The van der Waals surface area contributed by atoms with Gasteiger partial charge in [0.05, 0.1) is 0 Å². The van der Waals surface area contributed by atoms with E-state index < -0.39 is 0 Å². The van der Waals surface area contributed by atoms with Gasteiger partial charge in [-0.15, -0.1) is 0 Å². The van der Waals surface area contributed by atoms with Crippen molar-refractivity contribution in [2.45, 2.75) is 0 Å². The number of carbonyl (C=O) groups is 1. The van der Waals surface area contributed by atoms with E-state index in [1.165, 1.54) is 49.0 Å². The van der Waals surface area contributed by atoms with Gasteiger partial charge in [-0.3, -0.25) is 4.79 Å². The second-order valence-corrected chi connectivity index (χ2v) is 9.68. The third kappa shape index (κ3) is 3.68. The third-order valence-electron chi connectivity index (χ3n) is 7.44. The zero-order chi connectivity index (χ0) is 25.5. The number of fused-ring (bicyclic) bond motifs is 3. The Labute approximate surface area is 221 Å². The van der Waals surface area contributed by atoms with Gasteiger partial charge in [0.2, 0.25) is 0 Å². The third-order valence-corrected chi connectivity index (χ3v) is 7.44. The molecule has 0 saturated carbocycles. The average molecular weight is 485 g/mol. The topological polar surface area (TPSA) is 17.1 Å². The molecule has 1 heteroatoms. The molecule has 0 N–H and O–H groups in total. The van der Waals surface area contributed by atoms with Gasteiger partial charge >= 0.3 is 0 Å². The first-order valence-corrected chi connectivity index (χ1v) is 12.9. The molecule has 0 aliphatic rings. The van der Waals surface area contributed by atoms with Crippen LogP contribution in [0.3, 0.4) is 0 Å². The molecule has 0 heterocycles. The van der Waals surface area contributed by atoms with Gasteiger partial charge in [-0.25, -0.2) is 0 Å². The fourth-order valence-electron chi connectivity index (χ4n) is 5.64. The van der Waals surface area contributed by atoms with Crippen molar-refractivity contribution in [3.05, 3.63) is 157 Å². The summed E-state index contributed by atoms with van der Waals surface area (Å²) in [5, 5.41) is 7.34. The first-order chi connectivity index (χ1) is 18.8. The quantitative estimate of drug-likeness (QED) is 0.179. The summed E-state index contributed by atoms with van der Waals surface area (Å²) in [5.74, 6) is 0.0403. The molecule has 0 aromatic heterocycles. The summed E-state index contributed by atoms with van der Waals surface area (Å²) in [5.41, 5.74) is 6.16. The van der Waals surface area contributed by atoms with Crippen molar-refractivity contribution in [1.29, 1.82) is 0 Å². The normalized spacial score (nSPS) is 11.3. The molecule has 0 fully saturated rings. The lowest BCUT2D eigenvalue weighted by Crippen LogP contribution is -2.00. The van der Waals surface area contributed by atoms with Crippen molar-refractivity contribution in [1.82, 2.24) is 0 Å². The lowest BCUT2D eigenvalue weighted by atomic mass is 9.85. The SMILES string of the molecule is O=C(c1ccccc1)c1ccc(-c2c3ccccc3c(-c3ccc4ccccc4c3)c3ccccc23)cc1. The first kappa shape index (κ1) is 22.2. The monoisotopic (exact) mass is 484 g/mol. The summed E-state index contributed by atoms with van der Waals surface area (Å²) in [4.78, 5) is 13.0. The van der Waals surface area contributed by atoms with E-state index in [9.17, 15) is 4.79 Å². The highest BCUT2D eigenvalue weighted by atomic mass is 16.1. The Bertz CT molecular complexity index is 1910. The molecule has 0 unspecified atom stereocenters. The van der Waals surface area contributed by atoms with Crippen molar-refractivity contribution in [3.8, 4) is 22.3 Å². The number of benzene rings is 7. The van der Waals surface area contributed by atoms with E-state index in [2.05, 4.69) is 103 Å². The van der Waals surface area contributed by atoms with E-state index in [-0.39, 0.29) is 5.78 Å². The minimum Gasteiger partial charge on any atom is -0.289 e. The molecule has 38 heavy (non-hydrogen) atoms. The molecule has 1 nitrogen and oxygen atoms in total. The van der Waals surface area contributed by atoms with Gasteiger partial charge in [0, 0.05) is 11.1 Å². The Morgan fingerprint density at radius 2 is 0.816 bits per heavy atom. The zero-order valence-corrected chi connectivity index (χ0v) is 20.8. The second-order valence-electron chi connectivity index (χ2n) is 9.68. The summed E-state index contributed by atoms with van der Waals surface area (Å²) < 4.78 is 0. The van der Waals surface area contributed by atoms with Crippen molar-refractivity contribution in [2.75, 3.05) is 0 Å². The number of rotatable bonds is 4. The van der Waals surface area contributed by atoms with Crippen LogP contribution in [0.1, 0.15) is 15.9 Å². The molecule has 0 bridgehead atoms. The summed E-state index contributed by atoms with van der Waals surface area (Å²) in [7, 11) is 0. The standard InChI is InChI=1S/C37H24O/c38-37(27-11-2-1-3-12-27)28-21-19-26(20-22-28)35-31-14-6-8-16-33(31)36(34-17-9-7-15-32(34)35)30-23-18-25-10-4-5-13-29(25)24-30/h1-24H. The van der Waals surface area contributed by atoms with Gasteiger partial charge in [-0.1, -0.05) is 140 Å². The second kappa shape index (κ2) is 9.14. The lowest BCUT2D eigenvalue weighted by Gasteiger charge is -2.18. The molecular weight excluding hydrogens is 460 g/mol. The highest BCUT2D eigenvalue weighted by Crippen LogP contribution is 2.44. The maximum Gasteiger partial charge on any atom is 0.193 e. The molecule has 178 valence electrons. The number of ketones is 1. The van der Waals surface area contributed by atoms with E-state index in [1.807, 2.05) is 42.5 Å². The van der Waals surface area contributed by atoms with Crippen LogP contribution >= 0.6 is 0 Å². The zero-order valence-electron chi connectivity index (χ0n) is 20.8. The van der Waals surface area contributed by atoms with Gasteiger partial charge < -0.3 is 0 Å². The lowest BCUT2D eigenvalue weighted by molar-refractivity contribution is 0.103. The summed E-state index contributed by atoms with van der Waals surface area (Å²) in [6.07, 6.45) is 0. The molecule has 0 aliphatic carbocycles. The highest BCUT2D eigenvalue weighted by Gasteiger charge is 2.17. The Morgan fingerprint density at radius 3 is 1.42 bits per heavy atom. The number of hydrogen-bond donors (Lipinski definition) is 0. The highest BCUT2D eigenvalue weighted by molar-refractivity contribution is 6.21. The molecule has 0 radical (unpaired) electrons. The van der Waals surface area contributed by atoms with Crippen molar-refractivity contribution in [2.24, 2.45) is 0 Å². The molecule has 0 saturated heterocycles. The van der Waals surface area contributed by atoms with Crippen LogP contribution in [0.2, 0.25) is 0 Å². The molecule has 0 atom stereocenters. The Kier molecular flexibility index (Phi) is 5.34. The molecular formula is C37H24O. The van der Waals surface area contributed by atoms with Crippen molar-refractivity contribution in [3.63, 3.8) is 0 Å². The molecule has 7 aromatic carbocycles. The van der Waals surface area contributed by atoms with Crippen LogP contribution in [-0.2, 0) is 0 Å². The average Bonchev–Trinajstić information content (AvgIpc) is 3.00. The van der Waals surface area contributed by atoms with E-state index in [0.29, 0.717) is 11.1 Å². The molecule has 0 aliphatic heterocycles. The molecule has 7 rings (SSSR count). The largest absolute Gasteiger partial charge is 0.289 e. The van der Waals surface area contributed by atoms with Gasteiger partial charge in [-0.2, -0.15) is 0 Å². The fraction of sp³-hybridized carbons (Fsp3) is 0. The maximum absolute atomic E-state index is 13.0. The van der Waals surface area contributed by atoms with E-state index in [4.69, 9.17) is 0 Å². The Balaban J connectivity index is 1.45. The summed E-state index contributed by atoms with van der Waals surface area (Å²) in [6.45, 7) is 0. The van der Waals surface area contributed by atoms with Crippen LogP contribution in [0.15, 0.2) is 146 Å². The number of hydrogen-bond acceptors (Lipinski definition) is 1. The van der Waals surface area contributed by atoms with Gasteiger partial charge in [-0.05, 0) is 60.6 Å². The minimum absolute atomic E-state index is 0.0403. The summed E-state index contributed by atoms with van der Waals surface area (Å²) >= 11 is 0. The smallest absolute Gasteiger partial charge is 0.193 e. The van der Waals surface area contributed by atoms with Gasteiger partial charge in [0.15, 0.2) is 5.78 Å². The van der Waals surface area contributed by atoms with Crippen molar-refractivity contribution < 1.29 is 4.79 Å². The predicted molar refractivity (Wildman–Crippen MR) is 160 cm³/mol. The van der Waals surface area contributed by atoms with Crippen LogP contribution in [-0.4, -0.2) is 5.78 Å². The maximum atomic E-state index is 13.0. The number of carbonyl (C=O) groups excluding carboxylic acids is 1. The molecule has 0 spiro atoms.